The molecule has 0 saturated heterocycles. The lowest BCUT2D eigenvalue weighted by Gasteiger charge is -2.20. The molecule has 1 rings (SSSR count). The summed E-state index contributed by atoms with van der Waals surface area (Å²) in [5.41, 5.74) is 6.09. The third-order valence-electron chi connectivity index (χ3n) is 2.50. The summed E-state index contributed by atoms with van der Waals surface area (Å²) in [6, 6.07) is 6.57. The van der Waals surface area contributed by atoms with Gasteiger partial charge in [-0.05, 0) is 12.1 Å². The van der Waals surface area contributed by atoms with Crippen LogP contribution in [-0.4, -0.2) is 31.6 Å². The number of para-hydroxylation sites is 1. The van der Waals surface area contributed by atoms with Crippen molar-refractivity contribution in [1.29, 1.82) is 5.41 Å². The van der Waals surface area contributed by atoms with Gasteiger partial charge in [0, 0.05) is 18.7 Å². The molecule has 100 valence electrons. The molecular weight excluding hydrogens is 252 g/mol. The molecule has 0 aliphatic carbocycles. The summed E-state index contributed by atoms with van der Waals surface area (Å²) in [5, 5.41) is 7.41. The zero-order chi connectivity index (χ0) is 13.8. The van der Waals surface area contributed by atoms with Crippen molar-refractivity contribution in [3.63, 3.8) is 0 Å². The van der Waals surface area contributed by atoms with Gasteiger partial charge in [0.1, 0.15) is 5.84 Å². The van der Waals surface area contributed by atoms with Gasteiger partial charge in [0.2, 0.25) is 0 Å². The molecular formula is C11H18N4O2S. The average molecular weight is 270 g/mol. The summed E-state index contributed by atoms with van der Waals surface area (Å²) in [7, 11) is -3.60. The quantitative estimate of drug-likeness (QED) is 0.530. The van der Waals surface area contributed by atoms with Crippen LogP contribution < -0.4 is 10.5 Å². The van der Waals surface area contributed by atoms with E-state index in [1.54, 1.807) is 38.1 Å². The molecule has 0 unspecified atom stereocenters. The number of nitrogens with one attached hydrogen (secondary N) is 2. The minimum Gasteiger partial charge on any atom is -0.384 e. The van der Waals surface area contributed by atoms with Crippen molar-refractivity contribution in [1.82, 2.24) is 4.31 Å². The van der Waals surface area contributed by atoms with Crippen LogP contribution in [0.1, 0.15) is 19.4 Å². The fourth-order valence-electron chi connectivity index (χ4n) is 1.57. The van der Waals surface area contributed by atoms with E-state index in [1.807, 2.05) is 0 Å². The molecule has 1 aromatic rings. The number of benzene rings is 1. The lowest BCUT2D eigenvalue weighted by molar-refractivity contribution is 0.449. The monoisotopic (exact) mass is 270 g/mol. The van der Waals surface area contributed by atoms with Crippen LogP contribution >= 0.6 is 0 Å². The summed E-state index contributed by atoms with van der Waals surface area (Å²) >= 11 is 0. The van der Waals surface area contributed by atoms with E-state index in [-0.39, 0.29) is 5.84 Å². The Hall–Kier alpha value is -1.60. The van der Waals surface area contributed by atoms with E-state index < -0.39 is 10.2 Å². The summed E-state index contributed by atoms with van der Waals surface area (Å²) < 4.78 is 27.8. The minimum absolute atomic E-state index is 0.173. The molecule has 0 spiro atoms. The Kier molecular flexibility index (Phi) is 4.69. The first-order valence-corrected chi connectivity index (χ1v) is 7.07. The van der Waals surface area contributed by atoms with E-state index >= 15 is 0 Å². The number of rotatable bonds is 6. The van der Waals surface area contributed by atoms with Crippen molar-refractivity contribution in [3.8, 4) is 0 Å². The highest BCUT2D eigenvalue weighted by molar-refractivity contribution is 7.90. The Bertz CT molecular complexity index is 524. The molecule has 0 saturated carbocycles. The van der Waals surface area contributed by atoms with Gasteiger partial charge in [0.05, 0.1) is 5.69 Å². The smallest absolute Gasteiger partial charge is 0.301 e. The van der Waals surface area contributed by atoms with Gasteiger partial charge in [-0.15, -0.1) is 0 Å². The summed E-state index contributed by atoms with van der Waals surface area (Å²) in [6.45, 7) is 4.29. The highest BCUT2D eigenvalue weighted by atomic mass is 32.2. The molecule has 0 radical (unpaired) electrons. The predicted octanol–water partition coefficient (Wildman–Crippen LogP) is 0.969. The second-order valence-corrected chi connectivity index (χ2v) is 5.32. The summed E-state index contributed by atoms with van der Waals surface area (Å²) in [5.74, 6) is -0.173. The van der Waals surface area contributed by atoms with Gasteiger partial charge in [-0.3, -0.25) is 10.1 Å². The van der Waals surface area contributed by atoms with Crippen LogP contribution in [0.5, 0.6) is 0 Å². The second-order valence-electron chi connectivity index (χ2n) is 3.65. The van der Waals surface area contributed by atoms with Crippen LogP contribution in [0, 0.1) is 5.41 Å². The number of hydrogen-bond donors (Lipinski definition) is 3. The predicted molar refractivity (Wildman–Crippen MR) is 72.9 cm³/mol. The van der Waals surface area contributed by atoms with Gasteiger partial charge in [-0.25, -0.2) is 0 Å². The first-order chi connectivity index (χ1) is 8.42. The van der Waals surface area contributed by atoms with E-state index in [9.17, 15) is 8.42 Å². The van der Waals surface area contributed by atoms with Crippen molar-refractivity contribution in [2.45, 2.75) is 13.8 Å². The summed E-state index contributed by atoms with van der Waals surface area (Å²) in [4.78, 5) is 0. The third-order valence-corrected chi connectivity index (χ3v) is 4.18. The maximum absolute atomic E-state index is 12.0. The van der Waals surface area contributed by atoms with Crippen molar-refractivity contribution < 1.29 is 8.42 Å². The lowest BCUT2D eigenvalue weighted by Crippen LogP contribution is -2.36. The van der Waals surface area contributed by atoms with Crippen molar-refractivity contribution in [2.75, 3.05) is 17.8 Å². The van der Waals surface area contributed by atoms with Gasteiger partial charge in [-0.1, -0.05) is 26.0 Å². The number of amidine groups is 1. The van der Waals surface area contributed by atoms with Crippen molar-refractivity contribution >= 4 is 21.7 Å². The topological polar surface area (TPSA) is 99.3 Å². The molecule has 18 heavy (non-hydrogen) atoms. The van der Waals surface area contributed by atoms with E-state index in [0.29, 0.717) is 24.3 Å². The zero-order valence-corrected chi connectivity index (χ0v) is 11.3. The Morgan fingerprint density at radius 2 is 1.89 bits per heavy atom. The van der Waals surface area contributed by atoms with Crippen LogP contribution in [0.25, 0.3) is 0 Å². The number of nitrogen functional groups attached to an aromatic ring is 1. The van der Waals surface area contributed by atoms with Crippen LogP contribution in [0.4, 0.5) is 5.69 Å². The van der Waals surface area contributed by atoms with Crippen LogP contribution in [-0.2, 0) is 10.2 Å². The lowest BCUT2D eigenvalue weighted by atomic mass is 10.2. The molecule has 1 aromatic carbocycles. The Balaban J connectivity index is 3.08. The van der Waals surface area contributed by atoms with Gasteiger partial charge in [0.25, 0.3) is 0 Å². The standard InChI is InChI=1S/C11H18N4O2S/c1-3-15(4-2)18(16,17)14-10-8-6-5-7-9(10)11(12)13/h5-8,14H,3-4H2,1-2H3,(H3,12,13). The largest absolute Gasteiger partial charge is 0.384 e. The minimum atomic E-state index is -3.60. The number of nitrogens with two attached hydrogens (primary N) is 1. The first-order valence-electron chi connectivity index (χ1n) is 5.63. The number of nitrogens with zero attached hydrogens (tertiary/aromatic N) is 1. The molecule has 0 aliphatic rings. The number of hydrogen-bond acceptors (Lipinski definition) is 3. The van der Waals surface area contributed by atoms with Gasteiger partial charge in [-0.2, -0.15) is 12.7 Å². The Morgan fingerprint density at radius 3 is 2.39 bits per heavy atom. The highest BCUT2D eigenvalue weighted by Gasteiger charge is 2.19. The molecule has 0 aromatic heterocycles. The molecule has 0 atom stereocenters. The van der Waals surface area contributed by atoms with Gasteiger partial charge in [0.15, 0.2) is 0 Å². The summed E-state index contributed by atoms with van der Waals surface area (Å²) in [6.07, 6.45) is 0. The molecule has 0 fully saturated rings. The molecule has 6 nitrogen and oxygen atoms in total. The van der Waals surface area contributed by atoms with E-state index in [1.165, 1.54) is 4.31 Å². The van der Waals surface area contributed by atoms with Gasteiger partial charge < -0.3 is 5.73 Å². The van der Waals surface area contributed by atoms with Crippen LogP contribution in [0.2, 0.25) is 0 Å². The second kappa shape index (κ2) is 5.83. The number of anilines is 1. The maximum Gasteiger partial charge on any atom is 0.301 e. The molecule has 4 N–H and O–H groups in total. The molecule has 0 amide bonds. The van der Waals surface area contributed by atoms with E-state index in [0.717, 1.165) is 0 Å². The van der Waals surface area contributed by atoms with Gasteiger partial charge >= 0.3 is 10.2 Å². The average Bonchev–Trinajstić information content (AvgIpc) is 2.29. The maximum atomic E-state index is 12.0. The fourth-order valence-corrected chi connectivity index (χ4v) is 2.84. The van der Waals surface area contributed by atoms with E-state index in [2.05, 4.69) is 4.72 Å². The molecule has 0 heterocycles. The van der Waals surface area contributed by atoms with Crippen molar-refractivity contribution in [2.24, 2.45) is 5.73 Å². The highest BCUT2D eigenvalue weighted by Crippen LogP contribution is 2.17. The fraction of sp³-hybridized carbons (Fsp3) is 0.364. The van der Waals surface area contributed by atoms with Crippen molar-refractivity contribution in [3.05, 3.63) is 29.8 Å². The van der Waals surface area contributed by atoms with Crippen LogP contribution in [0.15, 0.2) is 24.3 Å². The molecule has 7 heteroatoms. The Morgan fingerprint density at radius 1 is 1.33 bits per heavy atom. The third kappa shape index (κ3) is 3.21. The SMILES string of the molecule is CCN(CC)S(=O)(=O)Nc1ccccc1C(=N)N. The first kappa shape index (κ1) is 14.5. The van der Waals surface area contributed by atoms with Crippen LogP contribution in [0.3, 0.4) is 0 Å². The zero-order valence-electron chi connectivity index (χ0n) is 10.5. The Labute approximate surface area is 107 Å². The normalized spacial score (nSPS) is 11.5. The van der Waals surface area contributed by atoms with E-state index in [4.69, 9.17) is 11.1 Å². The molecule has 0 bridgehead atoms. The molecule has 0 aliphatic heterocycles.